The number of imide groups is 1. The minimum atomic E-state index is -0.470. The number of carbonyl (C=O) groups excluding carboxylic acids is 2. The molecule has 0 spiro atoms. The van der Waals surface area contributed by atoms with Crippen LogP contribution in [0.1, 0.15) is 26.7 Å². The van der Waals surface area contributed by atoms with Gasteiger partial charge in [-0.25, -0.2) is 0 Å². The van der Waals surface area contributed by atoms with E-state index in [1.165, 1.54) is 4.90 Å². The van der Waals surface area contributed by atoms with Gasteiger partial charge >= 0.3 is 0 Å². The van der Waals surface area contributed by atoms with Crippen molar-refractivity contribution in [3.8, 4) is 0 Å². The molecule has 2 amide bonds. The van der Waals surface area contributed by atoms with Crippen molar-refractivity contribution < 1.29 is 9.59 Å². The first-order valence-electron chi connectivity index (χ1n) is 6.41. The van der Waals surface area contributed by atoms with E-state index in [2.05, 4.69) is 5.32 Å². The zero-order chi connectivity index (χ0) is 14.0. The molecule has 2 rings (SSSR count). The lowest BCUT2D eigenvalue weighted by Crippen LogP contribution is -2.40. The van der Waals surface area contributed by atoms with E-state index in [0.717, 1.165) is 12.1 Å². The third-order valence-electron chi connectivity index (χ3n) is 3.40. The van der Waals surface area contributed by atoms with Crippen molar-refractivity contribution in [2.45, 2.75) is 38.8 Å². The molecule has 0 bridgehead atoms. The molecule has 1 aromatic rings. The summed E-state index contributed by atoms with van der Waals surface area (Å²) in [7, 11) is 0. The molecule has 19 heavy (non-hydrogen) atoms. The van der Waals surface area contributed by atoms with Crippen molar-refractivity contribution in [2.24, 2.45) is 0 Å². The highest BCUT2D eigenvalue weighted by Crippen LogP contribution is 2.22. The third kappa shape index (κ3) is 2.89. The Labute approximate surface area is 117 Å². The van der Waals surface area contributed by atoms with Gasteiger partial charge in [0, 0.05) is 16.8 Å². The molecular weight excluding hydrogens is 264 g/mol. The zero-order valence-electron chi connectivity index (χ0n) is 11.0. The van der Waals surface area contributed by atoms with Crippen molar-refractivity contribution in [3.63, 3.8) is 0 Å². The molecule has 1 heterocycles. The summed E-state index contributed by atoms with van der Waals surface area (Å²) in [5, 5.41) is 3.73. The molecule has 1 N–H and O–H groups in total. The van der Waals surface area contributed by atoms with Gasteiger partial charge in [0.05, 0.1) is 6.42 Å². The largest absolute Gasteiger partial charge is 0.373 e. The molecular formula is C14H17ClN2O2. The monoisotopic (exact) mass is 280 g/mol. The number of benzene rings is 1. The lowest BCUT2D eigenvalue weighted by atomic mass is 10.2. The maximum Gasteiger partial charge on any atom is 0.252 e. The lowest BCUT2D eigenvalue weighted by Gasteiger charge is -2.21. The summed E-state index contributed by atoms with van der Waals surface area (Å²) in [5.41, 5.74) is 0.793. The second kappa shape index (κ2) is 5.61. The molecule has 0 saturated carbocycles. The lowest BCUT2D eigenvalue weighted by molar-refractivity contribution is -0.140. The molecule has 1 aliphatic rings. The van der Waals surface area contributed by atoms with Gasteiger partial charge in [0.25, 0.3) is 5.91 Å². The molecule has 102 valence electrons. The number of carbonyl (C=O) groups is 2. The summed E-state index contributed by atoms with van der Waals surface area (Å²) in [6.07, 6.45) is 0.983. The first kappa shape index (κ1) is 13.9. The van der Waals surface area contributed by atoms with Gasteiger partial charge in [-0.2, -0.15) is 0 Å². The first-order chi connectivity index (χ1) is 9.02. The Morgan fingerprint density at radius 1 is 1.37 bits per heavy atom. The van der Waals surface area contributed by atoms with Crippen LogP contribution in [-0.2, 0) is 9.59 Å². The molecule has 0 aliphatic carbocycles. The van der Waals surface area contributed by atoms with E-state index in [-0.39, 0.29) is 24.3 Å². The quantitative estimate of drug-likeness (QED) is 0.863. The van der Waals surface area contributed by atoms with Crippen molar-refractivity contribution >= 4 is 29.1 Å². The van der Waals surface area contributed by atoms with E-state index >= 15 is 0 Å². The zero-order valence-corrected chi connectivity index (χ0v) is 11.8. The summed E-state index contributed by atoms with van der Waals surface area (Å²) in [5.74, 6) is -0.250. The maximum absolute atomic E-state index is 12.2. The van der Waals surface area contributed by atoms with Crippen molar-refractivity contribution in [1.29, 1.82) is 0 Å². The number of hydrogen-bond acceptors (Lipinski definition) is 3. The average molecular weight is 281 g/mol. The van der Waals surface area contributed by atoms with Crippen LogP contribution in [-0.4, -0.2) is 28.8 Å². The van der Waals surface area contributed by atoms with Crippen LogP contribution in [0.2, 0.25) is 5.02 Å². The van der Waals surface area contributed by atoms with Crippen LogP contribution in [0.25, 0.3) is 0 Å². The van der Waals surface area contributed by atoms with E-state index in [1.54, 1.807) is 24.3 Å². The molecule has 4 nitrogen and oxygen atoms in total. The second-order valence-corrected chi connectivity index (χ2v) is 5.20. The molecule has 2 atom stereocenters. The summed E-state index contributed by atoms with van der Waals surface area (Å²) in [6.45, 7) is 3.85. The summed E-state index contributed by atoms with van der Waals surface area (Å²) >= 11 is 5.81. The second-order valence-electron chi connectivity index (χ2n) is 4.77. The topological polar surface area (TPSA) is 49.4 Å². The molecule has 1 aromatic carbocycles. The van der Waals surface area contributed by atoms with Gasteiger partial charge in [-0.15, -0.1) is 0 Å². The number of amides is 2. The smallest absolute Gasteiger partial charge is 0.252 e. The number of nitrogens with zero attached hydrogens (tertiary/aromatic N) is 1. The number of hydrogen-bond donors (Lipinski definition) is 1. The highest BCUT2D eigenvalue weighted by molar-refractivity contribution is 6.30. The Morgan fingerprint density at radius 3 is 2.58 bits per heavy atom. The molecule has 0 aromatic heterocycles. The summed E-state index contributed by atoms with van der Waals surface area (Å²) in [6, 6.07) is 6.58. The van der Waals surface area contributed by atoms with Gasteiger partial charge in [-0.3, -0.25) is 14.5 Å². The van der Waals surface area contributed by atoms with Crippen molar-refractivity contribution in [1.82, 2.24) is 4.90 Å². The Kier molecular flexibility index (Phi) is 4.10. The maximum atomic E-state index is 12.2. The predicted molar refractivity (Wildman–Crippen MR) is 75.1 cm³/mol. The van der Waals surface area contributed by atoms with Gasteiger partial charge in [0.2, 0.25) is 5.91 Å². The number of halogens is 1. The molecule has 5 heteroatoms. The van der Waals surface area contributed by atoms with E-state index in [9.17, 15) is 9.59 Å². The number of likely N-dealkylation sites (tertiary alicyclic amines) is 1. The summed E-state index contributed by atoms with van der Waals surface area (Å²) in [4.78, 5) is 25.5. The highest BCUT2D eigenvalue weighted by Gasteiger charge is 2.40. The molecule has 1 fully saturated rings. The Hall–Kier alpha value is -1.55. The molecule has 2 unspecified atom stereocenters. The van der Waals surface area contributed by atoms with Crippen LogP contribution < -0.4 is 5.32 Å². The minimum Gasteiger partial charge on any atom is -0.373 e. The van der Waals surface area contributed by atoms with Crippen LogP contribution in [0.5, 0.6) is 0 Å². The van der Waals surface area contributed by atoms with Crippen LogP contribution in [0.4, 0.5) is 5.69 Å². The standard InChI is InChI=1S/C14H17ClN2O2/c1-3-9(2)17-13(18)8-12(14(17)19)16-11-6-4-10(15)5-7-11/h4-7,9,12,16H,3,8H2,1-2H3. The van der Waals surface area contributed by atoms with E-state index < -0.39 is 6.04 Å². The fourth-order valence-corrected chi connectivity index (χ4v) is 2.28. The average Bonchev–Trinajstić information content (AvgIpc) is 2.66. The molecule has 1 aliphatic heterocycles. The Bertz CT molecular complexity index is 487. The van der Waals surface area contributed by atoms with Crippen LogP contribution >= 0.6 is 11.6 Å². The van der Waals surface area contributed by atoms with E-state index in [4.69, 9.17) is 11.6 Å². The van der Waals surface area contributed by atoms with Gasteiger partial charge in [0.1, 0.15) is 6.04 Å². The van der Waals surface area contributed by atoms with Crippen molar-refractivity contribution in [3.05, 3.63) is 29.3 Å². The van der Waals surface area contributed by atoms with Crippen LogP contribution in [0, 0.1) is 0 Å². The van der Waals surface area contributed by atoms with Crippen molar-refractivity contribution in [2.75, 3.05) is 5.32 Å². The number of nitrogens with one attached hydrogen (secondary N) is 1. The SMILES string of the molecule is CCC(C)N1C(=O)CC(Nc2ccc(Cl)cc2)C1=O. The fourth-order valence-electron chi connectivity index (χ4n) is 2.16. The normalized spacial score (nSPS) is 20.8. The number of rotatable bonds is 4. The predicted octanol–water partition coefficient (Wildman–Crippen LogP) is 2.68. The Morgan fingerprint density at radius 2 is 2.00 bits per heavy atom. The van der Waals surface area contributed by atoms with E-state index in [0.29, 0.717) is 5.02 Å². The minimum absolute atomic E-state index is 0.0444. The van der Waals surface area contributed by atoms with Gasteiger partial charge in [-0.05, 0) is 37.6 Å². The van der Waals surface area contributed by atoms with Gasteiger partial charge < -0.3 is 5.32 Å². The van der Waals surface area contributed by atoms with Crippen LogP contribution in [0.15, 0.2) is 24.3 Å². The molecule has 0 radical (unpaired) electrons. The Balaban J connectivity index is 2.09. The van der Waals surface area contributed by atoms with Crippen LogP contribution in [0.3, 0.4) is 0 Å². The fraction of sp³-hybridized carbons (Fsp3) is 0.429. The highest BCUT2D eigenvalue weighted by atomic mass is 35.5. The van der Waals surface area contributed by atoms with E-state index in [1.807, 2.05) is 13.8 Å². The van der Waals surface area contributed by atoms with Gasteiger partial charge in [0.15, 0.2) is 0 Å². The first-order valence-corrected chi connectivity index (χ1v) is 6.78. The summed E-state index contributed by atoms with van der Waals surface area (Å²) < 4.78 is 0. The van der Waals surface area contributed by atoms with Gasteiger partial charge in [-0.1, -0.05) is 18.5 Å². The third-order valence-corrected chi connectivity index (χ3v) is 3.65. The molecule has 1 saturated heterocycles. The number of anilines is 1.